The number of hydrogen-bond donors (Lipinski definition) is 1. The average molecular weight is 277 g/mol. The number of para-hydroxylation sites is 1. The van der Waals surface area contributed by atoms with Gasteiger partial charge in [0.15, 0.2) is 5.78 Å². The van der Waals surface area contributed by atoms with Crippen LogP contribution in [0.2, 0.25) is 0 Å². The Kier molecular flexibility index (Phi) is 6.21. The number of ketones is 1. The first-order valence-corrected chi connectivity index (χ1v) is 7.34. The molecule has 3 heteroatoms. The Morgan fingerprint density at radius 3 is 2.55 bits per heavy atom. The molecule has 112 valence electrons. The predicted octanol–water partition coefficient (Wildman–Crippen LogP) is 3.81. The molecule has 0 aliphatic carbocycles. The van der Waals surface area contributed by atoms with Crippen LogP contribution in [-0.4, -0.2) is 18.4 Å². The molecule has 20 heavy (non-hydrogen) atoms. The molecular formula is C17H27NO2. The van der Waals surface area contributed by atoms with Gasteiger partial charge in [0.1, 0.15) is 5.75 Å². The number of carbonyl (C=O) groups excluding carboxylic acids is 1. The van der Waals surface area contributed by atoms with E-state index >= 15 is 0 Å². The zero-order valence-electron chi connectivity index (χ0n) is 13.1. The number of benzene rings is 1. The minimum absolute atomic E-state index is 0.0634. The Balaban J connectivity index is 2.72. The van der Waals surface area contributed by atoms with Crippen molar-refractivity contribution in [2.45, 2.75) is 53.0 Å². The SMILES string of the molecule is CCCOc1ccccc1C(=O)CC(N)CC(C)(C)C. The van der Waals surface area contributed by atoms with Crippen LogP contribution in [0.5, 0.6) is 5.75 Å². The maximum atomic E-state index is 12.4. The van der Waals surface area contributed by atoms with Crippen LogP contribution >= 0.6 is 0 Å². The normalized spacial score (nSPS) is 13.1. The highest BCUT2D eigenvalue weighted by Gasteiger charge is 2.20. The summed E-state index contributed by atoms with van der Waals surface area (Å²) in [5.41, 5.74) is 6.87. The molecule has 1 atom stereocenters. The fourth-order valence-electron chi connectivity index (χ4n) is 2.24. The third kappa shape index (κ3) is 5.74. The lowest BCUT2D eigenvalue weighted by atomic mass is 9.86. The van der Waals surface area contributed by atoms with Gasteiger partial charge in [-0.3, -0.25) is 4.79 Å². The Hall–Kier alpha value is -1.35. The molecule has 1 aromatic carbocycles. The number of nitrogens with two attached hydrogens (primary N) is 1. The minimum atomic E-state index is -0.110. The summed E-state index contributed by atoms with van der Waals surface area (Å²) in [6, 6.07) is 7.30. The molecule has 0 amide bonds. The van der Waals surface area contributed by atoms with E-state index in [1.54, 1.807) is 0 Å². The molecule has 0 aliphatic rings. The Labute approximate surface area is 122 Å². The molecule has 0 heterocycles. The molecule has 0 spiro atoms. The third-order valence-electron chi connectivity index (χ3n) is 2.97. The highest BCUT2D eigenvalue weighted by Crippen LogP contribution is 2.24. The summed E-state index contributed by atoms with van der Waals surface area (Å²) >= 11 is 0. The standard InChI is InChI=1S/C17H27NO2/c1-5-10-20-16-9-7-6-8-14(16)15(19)11-13(18)12-17(2,3)4/h6-9,13H,5,10-12,18H2,1-4H3. The van der Waals surface area contributed by atoms with Crippen molar-refractivity contribution in [1.82, 2.24) is 0 Å². The van der Waals surface area contributed by atoms with Crippen LogP contribution in [0.4, 0.5) is 0 Å². The van der Waals surface area contributed by atoms with E-state index in [1.165, 1.54) is 0 Å². The van der Waals surface area contributed by atoms with Crippen LogP contribution < -0.4 is 10.5 Å². The lowest BCUT2D eigenvalue weighted by molar-refractivity contribution is 0.0964. The summed E-state index contributed by atoms with van der Waals surface area (Å²) < 4.78 is 5.63. The quantitative estimate of drug-likeness (QED) is 0.771. The first kappa shape index (κ1) is 16.7. The molecule has 1 rings (SSSR count). The fraction of sp³-hybridized carbons (Fsp3) is 0.588. The minimum Gasteiger partial charge on any atom is -0.493 e. The number of ether oxygens (including phenoxy) is 1. The molecule has 0 saturated heterocycles. The van der Waals surface area contributed by atoms with Gasteiger partial charge in [-0.1, -0.05) is 39.8 Å². The van der Waals surface area contributed by atoms with E-state index in [4.69, 9.17) is 10.5 Å². The second-order valence-corrected chi connectivity index (χ2v) is 6.50. The molecule has 0 aromatic heterocycles. The Morgan fingerprint density at radius 2 is 1.95 bits per heavy atom. The monoisotopic (exact) mass is 277 g/mol. The summed E-state index contributed by atoms with van der Waals surface area (Å²) in [5, 5.41) is 0. The van der Waals surface area contributed by atoms with Gasteiger partial charge in [-0.05, 0) is 30.4 Å². The molecule has 1 unspecified atom stereocenters. The number of carbonyl (C=O) groups is 1. The maximum absolute atomic E-state index is 12.4. The van der Waals surface area contributed by atoms with Crippen molar-refractivity contribution in [1.29, 1.82) is 0 Å². The second kappa shape index (κ2) is 7.44. The van der Waals surface area contributed by atoms with Crippen LogP contribution in [0.25, 0.3) is 0 Å². The number of hydrogen-bond acceptors (Lipinski definition) is 3. The second-order valence-electron chi connectivity index (χ2n) is 6.50. The van der Waals surface area contributed by atoms with Gasteiger partial charge in [-0.25, -0.2) is 0 Å². The number of rotatable bonds is 7. The molecule has 0 saturated carbocycles. The summed E-state index contributed by atoms with van der Waals surface area (Å²) in [5.74, 6) is 0.732. The van der Waals surface area contributed by atoms with E-state index in [-0.39, 0.29) is 17.2 Å². The molecule has 1 aromatic rings. The topological polar surface area (TPSA) is 52.3 Å². The summed E-state index contributed by atoms with van der Waals surface area (Å²) in [6.07, 6.45) is 2.12. The molecule has 0 fully saturated rings. The van der Waals surface area contributed by atoms with Gasteiger partial charge in [0.25, 0.3) is 0 Å². The van der Waals surface area contributed by atoms with Crippen molar-refractivity contribution >= 4 is 5.78 Å². The summed E-state index contributed by atoms with van der Waals surface area (Å²) in [6.45, 7) is 9.07. The van der Waals surface area contributed by atoms with E-state index in [2.05, 4.69) is 20.8 Å². The summed E-state index contributed by atoms with van der Waals surface area (Å²) in [7, 11) is 0. The van der Waals surface area contributed by atoms with E-state index in [0.717, 1.165) is 12.8 Å². The highest BCUT2D eigenvalue weighted by molar-refractivity contribution is 5.99. The van der Waals surface area contributed by atoms with Crippen LogP contribution in [0, 0.1) is 5.41 Å². The smallest absolute Gasteiger partial charge is 0.168 e. The molecule has 0 aliphatic heterocycles. The van der Waals surface area contributed by atoms with Gasteiger partial charge in [-0.15, -0.1) is 0 Å². The first-order chi connectivity index (χ1) is 9.33. The molecule has 2 N–H and O–H groups in total. The highest BCUT2D eigenvalue weighted by atomic mass is 16.5. The lowest BCUT2D eigenvalue weighted by Gasteiger charge is -2.22. The third-order valence-corrected chi connectivity index (χ3v) is 2.97. The largest absolute Gasteiger partial charge is 0.493 e. The summed E-state index contributed by atoms with van der Waals surface area (Å²) in [4.78, 5) is 12.4. The van der Waals surface area contributed by atoms with Crippen LogP contribution in [0.15, 0.2) is 24.3 Å². The van der Waals surface area contributed by atoms with Crippen molar-refractivity contribution in [3.63, 3.8) is 0 Å². The van der Waals surface area contributed by atoms with E-state index in [1.807, 2.05) is 31.2 Å². The van der Waals surface area contributed by atoms with Crippen molar-refractivity contribution in [3.8, 4) is 5.75 Å². The molecule has 3 nitrogen and oxygen atoms in total. The first-order valence-electron chi connectivity index (χ1n) is 7.34. The average Bonchev–Trinajstić information content (AvgIpc) is 2.34. The molecule has 0 radical (unpaired) electrons. The molecule has 0 bridgehead atoms. The number of Topliss-reactive ketones (excluding diaryl/α,β-unsaturated/α-hetero) is 1. The Morgan fingerprint density at radius 1 is 1.30 bits per heavy atom. The van der Waals surface area contributed by atoms with Crippen molar-refractivity contribution in [2.24, 2.45) is 11.1 Å². The van der Waals surface area contributed by atoms with Crippen molar-refractivity contribution in [3.05, 3.63) is 29.8 Å². The van der Waals surface area contributed by atoms with E-state index in [9.17, 15) is 4.79 Å². The lowest BCUT2D eigenvalue weighted by Crippen LogP contribution is -2.29. The van der Waals surface area contributed by atoms with Gasteiger partial charge in [0, 0.05) is 12.5 Å². The van der Waals surface area contributed by atoms with Gasteiger partial charge < -0.3 is 10.5 Å². The van der Waals surface area contributed by atoms with Crippen LogP contribution in [0.1, 0.15) is 57.3 Å². The zero-order chi connectivity index (χ0) is 15.2. The van der Waals surface area contributed by atoms with Crippen molar-refractivity contribution in [2.75, 3.05) is 6.61 Å². The fourth-order valence-corrected chi connectivity index (χ4v) is 2.24. The van der Waals surface area contributed by atoms with E-state index in [0.29, 0.717) is 24.3 Å². The van der Waals surface area contributed by atoms with Crippen LogP contribution in [0.3, 0.4) is 0 Å². The van der Waals surface area contributed by atoms with Gasteiger partial charge >= 0.3 is 0 Å². The van der Waals surface area contributed by atoms with E-state index < -0.39 is 0 Å². The zero-order valence-corrected chi connectivity index (χ0v) is 13.1. The van der Waals surface area contributed by atoms with Gasteiger partial charge in [0.05, 0.1) is 12.2 Å². The van der Waals surface area contributed by atoms with Crippen molar-refractivity contribution < 1.29 is 9.53 Å². The molecular weight excluding hydrogens is 250 g/mol. The van der Waals surface area contributed by atoms with Gasteiger partial charge in [0.2, 0.25) is 0 Å². The Bertz CT molecular complexity index is 435. The van der Waals surface area contributed by atoms with Crippen LogP contribution in [-0.2, 0) is 0 Å². The predicted molar refractivity (Wildman–Crippen MR) is 83.2 cm³/mol. The van der Waals surface area contributed by atoms with Gasteiger partial charge in [-0.2, -0.15) is 0 Å². The maximum Gasteiger partial charge on any atom is 0.168 e.